The molecule has 1 aliphatic heterocycles. The van der Waals surface area contributed by atoms with Crippen molar-refractivity contribution < 1.29 is 13.6 Å². The number of amides is 1. The number of hydrogen-bond donors (Lipinski definition) is 1. The van der Waals surface area contributed by atoms with Gasteiger partial charge in [0.1, 0.15) is 17.3 Å². The summed E-state index contributed by atoms with van der Waals surface area (Å²) in [4.78, 5) is 17.3. The van der Waals surface area contributed by atoms with Crippen LogP contribution in [0.4, 0.5) is 14.5 Å². The van der Waals surface area contributed by atoms with Crippen LogP contribution < -0.4 is 5.32 Å². The Morgan fingerprint density at radius 1 is 1.00 bits per heavy atom. The summed E-state index contributed by atoms with van der Waals surface area (Å²) in [5.41, 5.74) is 3.16. The average molecular weight is 433 g/mol. The zero-order valence-corrected chi connectivity index (χ0v) is 17.3. The van der Waals surface area contributed by atoms with Crippen LogP contribution in [0, 0.1) is 11.6 Å². The number of halogens is 2. The SMILES string of the molecule is O=C(Nc1ccccc1F)C1=NN=C(c2c(-c3ccc(F)cc3)ncn2C2CCCC2)C1. The van der Waals surface area contributed by atoms with Crippen LogP contribution in [0.1, 0.15) is 43.8 Å². The van der Waals surface area contributed by atoms with Crippen molar-refractivity contribution in [3.8, 4) is 11.3 Å². The van der Waals surface area contributed by atoms with Crippen LogP contribution in [0.2, 0.25) is 0 Å². The van der Waals surface area contributed by atoms with Gasteiger partial charge in [-0.1, -0.05) is 25.0 Å². The number of nitrogens with one attached hydrogen (secondary N) is 1. The van der Waals surface area contributed by atoms with Gasteiger partial charge in [-0.2, -0.15) is 5.10 Å². The molecule has 2 aliphatic rings. The van der Waals surface area contributed by atoms with Crippen LogP contribution in [0.25, 0.3) is 11.3 Å². The van der Waals surface area contributed by atoms with Crippen molar-refractivity contribution in [2.45, 2.75) is 38.1 Å². The molecule has 162 valence electrons. The van der Waals surface area contributed by atoms with Crippen molar-refractivity contribution in [1.82, 2.24) is 9.55 Å². The van der Waals surface area contributed by atoms with Crippen molar-refractivity contribution >= 4 is 23.0 Å². The van der Waals surface area contributed by atoms with Gasteiger partial charge in [-0.15, -0.1) is 5.10 Å². The summed E-state index contributed by atoms with van der Waals surface area (Å²) in [5, 5.41) is 10.9. The molecule has 0 bridgehead atoms. The zero-order valence-electron chi connectivity index (χ0n) is 17.3. The molecule has 5 rings (SSSR count). The Balaban J connectivity index is 1.43. The van der Waals surface area contributed by atoms with Gasteiger partial charge in [-0.05, 0) is 49.2 Å². The van der Waals surface area contributed by atoms with Crippen LogP contribution in [-0.4, -0.2) is 26.9 Å². The van der Waals surface area contributed by atoms with Gasteiger partial charge < -0.3 is 9.88 Å². The number of carbonyl (C=O) groups is 1. The van der Waals surface area contributed by atoms with Gasteiger partial charge in [-0.25, -0.2) is 13.8 Å². The van der Waals surface area contributed by atoms with Crippen LogP contribution in [0.5, 0.6) is 0 Å². The Bertz CT molecular complexity index is 1220. The van der Waals surface area contributed by atoms with Crippen molar-refractivity contribution in [3.63, 3.8) is 0 Å². The van der Waals surface area contributed by atoms with Crippen molar-refractivity contribution in [3.05, 3.63) is 72.2 Å². The molecule has 8 heteroatoms. The largest absolute Gasteiger partial charge is 0.326 e. The molecule has 0 radical (unpaired) electrons. The molecule has 1 fully saturated rings. The molecule has 0 atom stereocenters. The first-order valence-corrected chi connectivity index (χ1v) is 10.6. The summed E-state index contributed by atoms with van der Waals surface area (Å²) in [6.45, 7) is 0. The Labute approximate surface area is 183 Å². The molecule has 0 unspecified atom stereocenters. The summed E-state index contributed by atoms with van der Waals surface area (Å²) < 4.78 is 29.5. The summed E-state index contributed by atoms with van der Waals surface area (Å²) in [6.07, 6.45) is 6.37. The first-order chi connectivity index (χ1) is 15.6. The van der Waals surface area contributed by atoms with E-state index in [-0.39, 0.29) is 23.6 Å². The number of para-hydroxylation sites is 1. The predicted molar refractivity (Wildman–Crippen MR) is 119 cm³/mol. The summed E-state index contributed by atoms with van der Waals surface area (Å²) in [7, 11) is 0. The second kappa shape index (κ2) is 8.45. The highest BCUT2D eigenvalue weighted by Crippen LogP contribution is 2.35. The number of anilines is 1. The van der Waals surface area contributed by atoms with E-state index in [4.69, 9.17) is 0 Å². The average Bonchev–Trinajstić information content (AvgIpc) is 3.55. The van der Waals surface area contributed by atoms with E-state index in [0.717, 1.165) is 36.9 Å². The maximum absolute atomic E-state index is 13.9. The number of rotatable bonds is 5. The first kappa shape index (κ1) is 20.2. The normalized spacial score (nSPS) is 16.2. The highest BCUT2D eigenvalue weighted by Gasteiger charge is 2.29. The lowest BCUT2D eigenvalue weighted by Crippen LogP contribution is -2.24. The fourth-order valence-electron chi connectivity index (χ4n) is 4.29. The number of nitrogens with zero attached hydrogens (tertiary/aromatic N) is 4. The fraction of sp³-hybridized carbons (Fsp3) is 0.250. The van der Waals surface area contributed by atoms with Crippen LogP contribution >= 0.6 is 0 Å². The lowest BCUT2D eigenvalue weighted by atomic mass is 10.0. The first-order valence-electron chi connectivity index (χ1n) is 10.6. The third kappa shape index (κ3) is 3.84. The molecular weight excluding hydrogens is 412 g/mol. The number of aromatic nitrogens is 2. The summed E-state index contributed by atoms with van der Waals surface area (Å²) in [6, 6.07) is 12.4. The number of carbonyl (C=O) groups excluding carboxylic acids is 1. The van der Waals surface area contributed by atoms with Crippen molar-refractivity contribution in [1.29, 1.82) is 0 Å². The predicted octanol–water partition coefficient (Wildman–Crippen LogP) is 5.13. The second-order valence-corrected chi connectivity index (χ2v) is 8.00. The third-order valence-corrected chi connectivity index (χ3v) is 5.91. The third-order valence-electron chi connectivity index (χ3n) is 5.91. The molecule has 1 aliphatic carbocycles. The van der Waals surface area contributed by atoms with Gasteiger partial charge in [-0.3, -0.25) is 4.79 Å². The Hall–Kier alpha value is -3.68. The molecule has 0 spiro atoms. The molecule has 2 aromatic carbocycles. The van der Waals surface area contributed by atoms with Gasteiger partial charge in [0.25, 0.3) is 5.91 Å². The van der Waals surface area contributed by atoms with E-state index in [0.29, 0.717) is 17.4 Å². The Kier molecular flexibility index (Phi) is 5.34. The summed E-state index contributed by atoms with van der Waals surface area (Å²) in [5.74, 6) is -1.33. The number of benzene rings is 2. The Morgan fingerprint density at radius 2 is 1.75 bits per heavy atom. The van der Waals surface area contributed by atoms with Crippen LogP contribution in [0.15, 0.2) is 65.1 Å². The fourth-order valence-corrected chi connectivity index (χ4v) is 4.29. The number of hydrogen-bond acceptors (Lipinski definition) is 4. The molecule has 1 saturated carbocycles. The maximum Gasteiger partial charge on any atom is 0.272 e. The molecule has 1 N–H and O–H groups in total. The van der Waals surface area contributed by atoms with E-state index in [1.165, 1.54) is 24.3 Å². The lowest BCUT2D eigenvalue weighted by molar-refractivity contribution is -0.110. The van der Waals surface area contributed by atoms with E-state index >= 15 is 0 Å². The molecular formula is C24H21F2N5O. The second-order valence-electron chi connectivity index (χ2n) is 8.00. The van der Waals surface area contributed by atoms with Crippen LogP contribution in [-0.2, 0) is 4.79 Å². The van der Waals surface area contributed by atoms with Gasteiger partial charge in [0.15, 0.2) is 0 Å². The minimum Gasteiger partial charge on any atom is -0.326 e. The molecule has 2 heterocycles. The maximum atomic E-state index is 13.9. The monoisotopic (exact) mass is 433 g/mol. The van der Waals surface area contributed by atoms with E-state index in [1.807, 2.05) is 0 Å². The highest BCUT2D eigenvalue weighted by molar-refractivity contribution is 6.47. The van der Waals surface area contributed by atoms with Gasteiger partial charge in [0, 0.05) is 18.0 Å². The molecule has 1 aromatic heterocycles. The lowest BCUT2D eigenvalue weighted by Gasteiger charge is -2.16. The minimum absolute atomic E-state index is 0.0941. The minimum atomic E-state index is -0.515. The van der Waals surface area contributed by atoms with Gasteiger partial charge >= 0.3 is 0 Å². The van der Waals surface area contributed by atoms with Crippen molar-refractivity contribution in [2.75, 3.05) is 5.32 Å². The van der Waals surface area contributed by atoms with E-state index in [9.17, 15) is 13.6 Å². The van der Waals surface area contributed by atoms with E-state index in [2.05, 4.69) is 25.1 Å². The molecule has 0 saturated heterocycles. The molecule has 6 nitrogen and oxygen atoms in total. The highest BCUT2D eigenvalue weighted by atomic mass is 19.1. The smallest absolute Gasteiger partial charge is 0.272 e. The molecule has 3 aromatic rings. The summed E-state index contributed by atoms with van der Waals surface area (Å²) >= 11 is 0. The van der Waals surface area contributed by atoms with Gasteiger partial charge in [0.05, 0.1) is 29.1 Å². The molecule has 32 heavy (non-hydrogen) atoms. The standard InChI is InChI=1S/C24H21F2N5O/c25-16-11-9-15(10-12-16)22-23(31(14-27-22)17-5-1-2-6-17)20-13-21(30-29-20)24(32)28-19-8-4-3-7-18(19)26/h3-4,7-12,14,17H,1-2,5-6,13H2,(H,28,32). The van der Waals surface area contributed by atoms with E-state index in [1.54, 1.807) is 30.6 Å². The van der Waals surface area contributed by atoms with Crippen LogP contribution in [0.3, 0.4) is 0 Å². The topological polar surface area (TPSA) is 71.6 Å². The molecule has 1 amide bonds. The van der Waals surface area contributed by atoms with E-state index < -0.39 is 11.7 Å². The zero-order chi connectivity index (χ0) is 22.1. The van der Waals surface area contributed by atoms with Gasteiger partial charge in [0.2, 0.25) is 0 Å². The Morgan fingerprint density at radius 3 is 2.50 bits per heavy atom. The van der Waals surface area contributed by atoms with Crippen molar-refractivity contribution in [2.24, 2.45) is 10.2 Å². The number of imidazole rings is 1. The quantitative estimate of drug-likeness (QED) is 0.606.